The summed E-state index contributed by atoms with van der Waals surface area (Å²) < 4.78 is 50.2. The first-order valence-corrected chi connectivity index (χ1v) is 10.0. The molecular weight excluding hydrogens is 419 g/mol. The van der Waals surface area contributed by atoms with Gasteiger partial charge in [-0.15, -0.1) is 0 Å². The van der Waals surface area contributed by atoms with E-state index in [-0.39, 0.29) is 12.4 Å². The molecule has 0 aliphatic heterocycles. The fourth-order valence-corrected chi connectivity index (χ4v) is 3.29. The van der Waals surface area contributed by atoms with Crippen LogP contribution in [0, 0.1) is 0 Å². The van der Waals surface area contributed by atoms with E-state index in [0.29, 0.717) is 17.0 Å². The van der Waals surface area contributed by atoms with Crippen LogP contribution in [0.5, 0.6) is 5.75 Å². The van der Waals surface area contributed by atoms with Crippen molar-refractivity contribution in [3.05, 3.63) is 95.6 Å². The Morgan fingerprint density at radius 3 is 2.09 bits per heavy atom. The lowest BCUT2D eigenvalue weighted by molar-refractivity contribution is -0.137. The molecule has 3 aromatic rings. The van der Waals surface area contributed by atoms with Crippen LogP contribution in [0.25, 0.3) is 0 Å². The second kappa shape index (κ2) is 10.3. The number of Topliss-reactive ketones (excluding diaryl/α,β-unsaturated/α-hetero) is 1. The summed E-state index contributed by atoms with van der Waals surface area (Å²) in [7, 11) is 1.55. The summed E-state index contributed by atoms with van der Waals surface area (Å²) in [4.78, 5) is 12.5. The number of anilines is 1. The van der Waals surface area contributed by atoms with Gasteiger partial charge in [-0.05, 0) is 54.4 Å². The molecule has 0 aliphatic carbocycles. The van der Waals surface area contributed by atoms with E-state index < -0.39 is 23.9 Å². The monoisotopic (exact) mass is 443 g/mol. The van der Waals surface area contributed by atoms with E-state index in [9.17, 15) is 18.0 Å². The van der Waals surface area contributed by atoms with Crippen LogP contribution in [0.3, 0.4) is 0 Å². The number of hydrogen-bond donors (Lipinski definition) is 1. The molecule has 0 heterocycles. The highest BCUT2D eigenvalue weighted by molar-refractivity contribution is 5.82. The molecule has 0 unspecified atom stereocenters. The standard InChI is InChI=1S/C25H24F3NO3/c1-17(30)24(32-16-18-6-4-3-5-7-18)23(29-21-12-14-22(31-2)15-13-21)19-8-10-20(11-9-19)25(26,27)28/h3-15,23-24,29H,16H2,1-2H3/t23-,24+/m1/s1. The van der Waals surface area contributed by atoms with E-state index >= 15 is 0 Å². The fourth-order valence-electron chi connectivity index (χ4n) is 3.29. The maximum atomic E-state index is 13.0. The maximum Gasteiger partial charge on any atom is 0.416 e. The van der Waals surface area contributed by atoms with Crippen molar-refractivity contribution in [2.24, 2.45) is 0 Å². The van der Waals surface area contributed by atoms with Crippen LogP contribution in [0.15, 0.2) is 78.9 Å². The van der Waals surface area contributed by atoms with Crippen molar-refractivity contribution in [2.75, 3.05) is 12.4 Å². The molecule has 32 heavy (non-hydrogen) atoms. The van der Waals surface area contributed by atoms with Crippen molar-refractivity contribution in [1.29, 1.82) is 0 Å². The van der Waals surface area contributed by atoms with Crippen molar-refractivity contribution >= 4 is 11.5 Å². The van der Waals surface area contributed by atoms with E-state index in [1.54, 1.807) is 31.4 Å². The number of methoxy groups -OCH3 is 1. The zero-order valence-corrected chi connectivity index (χ0v) is 17.7. The maximum absolute atomic E-state index is 13.0. The molecule has 0 aromatic heterocycles. The normalized spacial score (nSPS) is 13.3. The zero-order chi connectivity index (χ0) is 23.1. The van der Waals surface area contributed by atoms with Crippen LogP contribution in [0.1, 0.15) is 29.7 Å². The van der Waals surface area contributed by atoms with Crippen molar-refractivity contribution < 1.29 is 27.4 Å². The number of ketones is 1. The number of hydrogen-bond acceptors (Lipinski definition) is 4. The van der Waals surface area contributed by atoms with Crippen LogP contribution in [-0.4, -0.2) is 19.0 Å². The minimum Gasteiger partial charge on any atom is -0.497 e. The van der Waals surface area contributed by atoms with Gasteiger partial charge in [-0.2, -0.15) is 13.2 Å². The molecule has 1 N–H and O–H groups in total. The van der Waals surface area contributed by atoms with Gasteiger partial charge in [0.05, 0.1) is 25.3 Å². The van der Waals surface area contributed by atoms with Crippen molar-refractivity contribution in [2.45, 2.75) is 31.9 Å². The molecule has 0 amide bonds. The van der Waals surface area contributed by atoms with E-state index in [2.05, 4.69) is 5.32 Å². The molecule has 0 saturated carbocycles. The molecule has 2 atom stereocenters. The van der Waals surface area contributed by atoms with E-state index in [4.69, 9.17) is 9.47 Å². The molecule has 0 saturated heterocycles. The molecule has 7 heteroatoms. The lowest BCUT2D eigenvalue weighted by Gasteiger charge is -2.28. The quantitative estimate of drug-likeness (QED) is 0.438. The van der Waals surface area contributed by atoms with Gasteiger partial charge in [0.25, 0.3) is 0 Å². The molecular formula is C25H24F3NO3. The molecule has 3 rings (SSSR count). The Labute approximate surface area is 185 Å². The van der Waals surface area contributed by atoms with Gasteiger partial charge in [-0.1, -0.05) is 42.5 Å². The molecule has 0 spiro atoms. The summed E-state index contributed by atoms with van der Waals surface area (Å²) in [5.41, 5.74) is 1.30. The highest BCUT2D eigenvalue weighted by Crippen LogP contribution is 2.32. The van der Waals surface area contributed by atoms with Gasteiger partial charge < -0.3 is 14.8 Å². The Hall–Kier alpha value is -3.32. The predicted octanol–water partition coefficient (Wildman–Crippen LogP) is 6.04. The molecule has 0 bridgehead atoms. The molecule has 4 nitrogen and oxygen atoms in total. The van der Waals surface area contributed by atoms with E-state index in [0.717, 1.165) is 17.7 Å². The Kier molecular flexibility index (Phi) is 7.53. The number of benzene rings is 3. The third-order valence-corrected chi connectivity index (χ3v) is 4.99. The summed E-state index contributed by atoms with van der Waals surface area (Å²) in [6.45, 7) is 1.59. The summed E-state index contributed by atoms with van der Waals surface area (Å²) in [6.07, 6.45) is -5.37. The largest absolute Gasteiger partial charge is 0.497 e. The highest BCUT2D eigenvalue weighted by Gasteiger charge is 2.32. The van der Waals surface area contributed by atoms with Crippen LogP contribution >= 0.6 is 0 Å². The number of halogens is 3. The number of alkyl halides is 3. The zero-order valence-electron chi connectivity index (χ0n) is 17.7. The lowest BCUT2D eigenvalue weighted by Crippen LogP contribution is -2.34. The number of rotatable bonds is 9. The SMILES string of the molecule is COc1ccc(N[C@H](c2ccc(C(F)(F)F)cc2)[C@@H](OCc2ccccc2)C(C)=O)cc1. The van der Waals surface area contributed by atoms with Gasteiger partial charge in [0.2, 0.25) is 0 Å². The Morgan fingerprint density at radius 2 is 1.56 bits per heavy atom. The number of ether oxygens (including phenoxy) is 2. The molecule has 0 aliphatic rings. The van der Waals surface area contributed by atoms with E-state index in [1.165, 1.54) is 19.1 Å². The number of carbonyl (C=O) groups is 1. The smallest absolute Gasteiger partial charge is 0.416 e. The fraction of sp³-hybridized carbons (Fsp3) is 0.240. The molecule has 3 aromatic carbocycles. The molecule has 168 valence electrons. The Morgan fingerprint density at radius 1 is 0.938 bits per heavy atom. The van der Waals surface area contributed by atoms with Gasteiger partial charge >= 0.3 is 6.18 Å². The van der Waals surface area contributed by atoms with Crippen LogP contribution in [0.2, 0.25) is 0 Å². The molecule has 0 fully saturated rings. The summed E-state index contributed by atoms with van der Waals surface area (Å²) in [5.74, 6) is 0.414. The lowest BCUT2D eigenvalue weighted by atomic mass is 9.97. The summed E-state index contributed by atoms with van der Waals surface area (Å²) in [5, 5.41) is 3.24. The van der Waals surface area contributed by atoms with Crippen LogP contribution in [0.4, 0.5) is 18.9 Å². The first-order chi connectivity index (χ1) is 15.3. The second-order valence-electron chi connectivity index (χ2n) is 7.30. The van der Waals surface area contributed by atoms with E-state index in [1.807, 2.05) is 30.3 Å². The number of nitrogens with one attached hydrogen (secondary N) is 1. The Bertz CT molecular complexity index is 1000. The van der Waals surface area contributed by atoms with Gasteiger partial charge in [-0.25, -0.2) is 0 Å². The average Bonchev–Trinajstić information content (AvgIpc) is 2.79. The minimum atomic E-state index is -4.44. The topological polar surface area (TPSA) is 47.6 Å². The molecule has 0 radical (unpaired) electrons. The Balaban J connectivity index is 1.91. The van der Waals surface area contributed by atoms with Crippen molar-refractivity contribution in [3.8, 4) is 5.75 Å². The van der Waals surface area contributed by atoms with Crippen LogP contribution < -0.4 is 10.1 Å². The average molecular weight is 443 g/mol. The van der Waals surface area contributed by atoms with Crippen molar-refractivity contribution in [1.82, 2.24) is 0 Å². The van der Waals surface area contributed by atoms with Gasteiger partial charge in [0, 0.05) is 5.69 Å². The highest BCUT2D eigenvalue weighted by atomic mass is 19.4. The third kappa shape index (κ3) is 6.11. The summed E-state index contributed by atoms with van der Waals surface area (Å²) >= 11 is 0. The number of carbonyl (C=O) groups excluding carboxylic acids is 1. The van der Waals surface area contributed by atoms with Gasteiger partial charge in [0.15, 0.2) is 5.78 Å². The minimum absolute atomic E-state index is 0.187. The third-order valence-electron chi connectivity index (χ3n) is 4.99. The second-order valence-corrected chi connectivity index (χ2v) is 7.30. The van der Waals surface area contributed by atoms with Gasteiger partial charge in [0.1, 0.15) is 11.9 Å². The van der Waals surface area contributed by atoms with Gasteiger partial charge in [-0.3, -0.25) is 4.79 Å². The first kappa shape index (κ1) is 23.3. The summed E-state index contributed by atoms with van der Waals surface area (Å²) in [6, 6.07) is 20.4. The predicted molar refractivity (Wildman–Crippen MR) is 117 cm³/mol. The van der Waals surface area contributed by atoms with Crippen molar-refractivity contribution in [3.63, 3.8) is 0 Å². The first-order valence-electron chi connectivity index (χ1n) is 10.0. The van der Waals surface area contributed by atoms with Crippen LogP contribution in [-0.2, 0) is 22.3 Å².